The Hall–Kier alpha value is -1.75. The third-order valence-corrected chi connectivity index (χ3v) is 4.91. The van der Waals surface area contributed by atoms with Gasteiger partial charge in [-0.05, 0) is 56.0 Å². The summed E-state index contributed by atoms with van der Waals surface area (Å²) in [4.78, 5) is 14.9. The average molecular weight is 318 g/mol. The Morgan fingerprint density at radius 3 is 2.78 bits per heavy atom. The van der Waals surface area contributed by atoms with Crippen LogP contribution in [-0.2, 0) is 6.42 Å². The molecule has 5 nitrogen and oxygen atoms in total. The Balaban J connectivity index is 1.77. The normalized spacial score (nSPS) is 21.6. The number of hydrogen-bond acceptors (Lipinski definition) is 4. The van der Waals surface area contributed by atoms with Crippen LogP contribution in [0.4, 0.5) is 0 Å². The number of amides is 1. The van der Waals surface area contributed by atoms with Crippen LogP contribution in [0.5, 0.6) is 11.5 Å². The van der Waals surface area contributed by atoms with Crippen LogP contribution in [-0.4, -0.2) is 51.2 Å². The number of nitrogens with one attached hydrogen (secondary N) is 1. The van der Waals surface area contributed by atoms with E-state index in [1.165, 1.54) is 19.3 Å². The summed E-state index contributed by atoms with van der Waals surface area (Å²) in [7, 11) is 3.23. The maximum absolute atomic E-state index is 12.9. The van der Waals surface area contributed by atoms with Gasteiger partial charge in [0.25, 0.3) is 5.91 Å². The van der Waals surface area contributed by atoms with Gasteiger partial charge in [0, 0.05) is 18.7 Å². The molecule has 0 spiro atoms. The van der Waals surface area contributed by atoms with E-state index >= 15 is 0 Å². The molecule has 2 aliphatic rings. The number of carbonyl (C=O) groups excluding carboxylic acids is 1. The molecule has 1 N–H and O–H groups in total. The van der Waals surface area contributed by atoms with Gasteiger partial charge in [-0.3, -0.25) is 4.79 Å². The molecule has 0 aromatic heterocycles. The molecule has 0 saturated carbocycles. The maximum Gasteiger partial charge on any atom is 0.254 e. The molecule has 1 unspecified atom stereocenters. The van der Waals surface area contributed by atoms with Gasteiger partial charge in [0.05, 0.1) is 14.2 Å². The maximum atomic E-state index is 12.9. The quantitative estimate of drug-likeness (QED) is 0.923. The van der Waals surface area contributed by atoms with Gasteiger partial charge in [0.1, 0.15) is 0 Å². The fraction of sp³-hybridized carbons (Fsp3) is 0.611. The van der Waals surface area contributed by atoms with Gasteiger partial charge < -0.3 is 19.7 Å². The summed E-state index contributed by atoms with van der Waals surface area (Å²) in [6.45, 7) is 3.75. The van der Waals surface area contributed by atoms with Crippen molar-refractivity contribution >= 4 is 5.91 Å². The molecule has 23 heavy (non-hydrogen) atoms. The van der Waals surface area contributed by atoms with E-state index in [1.54, 1.807) is 14.2 Å². The van der Waals surface area contributed by atoms with Crippen LogP contribution in [0.1, 0.15) is 35.2 Å². The number of nitrogens with zero attached hydrogens (tertiary/aromatic N) is 1. The second kappa shape index (κ2) is 7.21. The Labute approximate surface area is 137 Å². The second-order valence-corrected chi connectivity index (χ2v) is 6.43. The lowest BCUT2D eigenvalue weighted by molar-refractivity contribution is 0.0708. The molecule has 0 radical (unpaired) electrons. The fourth-order valence-electron chi connectivity index (χ4n) is 3.59. The van der Waals surface area contributed by atoms with Gasteiger partial charge in [-0.25, -0.2) is 0 Å². The Morgan fingerprint density at radius 1 is 1.22 bits per heavy atom. The molecule has 5 heteroatoms. The molecule has 3 rings (SSSR count). The Morgan fingerprint density at radius 2 is 2.00 bits per heavy atom. The topological polar surface area (TPSA) is 50.8 Å². The molecule has 0 aliphatic carbocycles. The van der Waals surface area contributed by atoms with Crippen LogP contribution in [0.25, 0.3) is 0 Å². The van der Waals surface area contributed by atoms with Gasteiger partial charge in [-0.15, -0.1) is 0 Å². The highest BCUT2D eigenvalue weighted by Crippen LogP contribution is 2.33. The summed E-state index contributed by atoms with van der Waals surface area (Å²) >= 11 is 0. The van der Waals surface area contributed by atoms with Crippen LogP contribution in [0.15, 0.2) is 12.1 Å². The van der Waals surface area contributed by atoms with Gasteiger partial charge in [-0.1, -0.05) is 6.42 Å². The molecule has 1 aromatic carbocycles. The van der Waals surface area contributed by atoms with Gasteiger partial charge in [-0.2, -0.15) is 0 Å². The summed E-state index contributed by atoms with van der Waals surface area (Å²) in [5.74, 6) is 2.00. The lowest BCUT2D eigenvalue weighted by atomic mass is 9.96. The zero-order valence-electron chi connectivity index (χ0n) is 14.1. The molecular weight excluding hydrogens is 292 g/mol. The second-order valence-electron chi connectivity index (χ2n) is 6.43. The lowest BCUT2D eigenvalue weighted by Gasteiger charge is -2.32. The van der Waals surface area contributed by atoms with Crippen molar-refractivity contribution in [3.63, 3.8) is 0 Å². The first kappa shape index (κ1) is 16.1. The molecular formula is C18H26N2O3. The number of ether oxygens (including phenoxy) is 2. The van der Waals surface area contributed by atoms with Crippen molar-refractivity contribution in [2.24, 2.45) is 5.92 Å². The van der Waals surface area contributed by atoms with Crippen LogP contribution in [0.2, 0.25) is 0 Å². The van der Waals surface area contributed by atoms with E-state index in [-0.39, 0.29) is 5.91 Å². The number of methoxy groups -OCH3 is 2. The first-order chi connectivity index (χ1) is 11.2. The summed E-state index contributed by atoms with van der Waals surface area (Å²) in [5, 5.41) is 3.48. The summed E-state index contributed by atoms with van der Waals surface area (Å²) in [6, 6.07) is 3.77. The van der Waals surface area contributed by atoms with Crippen LogP contribution < -0.4 is 14.8 Å². The van der Waals surface area contributed by atoms with E-state index in [2.05, 4.69) is 5.32 Å². The number of hydrogen-bond donors (Lipinski definition) is 1. The Kier molecular flexibility index (Phi) is 5.06. The molecule has 1 saturated heterocycles. The number of fused-ring (bicyclic) bond motifs is 1. The van der Waals surface area contributed by atoms with E-state index in [4.69, 9.17) is 9.47 Å². The largest absolute Gasteiger partial charge is 0.493 e. The van der Waals surface area contributed by atoms with Crippen molar-refractivity contribution in [1.82, 2.24) is 10.2 Å². The predicted molar refractivity (Wildman–Crippen MR) is 89.4 cm³/mol. The predicted octanol–water partition coefficient (Wildman–Crippen LogP) is 2.09. The van der Waals surface area contributed by atoms with E-state index in [0.29, 0.717) is 17.4 Å². The molecule has 1 atom stereocenters. The minimum atomic E-state index is 0.122. The van der Waals surface area contributed by atoms with Crippen LogP contribution >= 0.6 is 0 Å². The van der Waals surface area contributed by atoms with Crippen molar-refractivity contribution in [2.75, 3.05) is 40.4 Å². The minimum absolute atomic E-state index is 0.122. The SMILES string of the molecule is COc1cc2c(cc1OC)C(=O)N(CC1CCCCNC1)CC2. The zero-order valence-corrected chi connectivity index (χ0v) is 14.1. The highest BCUT2D eigenvalue weighted by molar-refractivity contribution is 5.97. The minimum Gasteiger partial charge on any atom is -0.493 e. The summed E-state index contributed by atoms with van der Waals surface area (Å²) < 4.78 is 10.7. The standard InChI is InChI=1S/C18H26N2O3/c1-22-16-9-14-6-8-20(12-13-5-3-4-7-19-11-13)18(21)15(14)10-17(16)23-2/h9-10,13,19H,3-8,11-12H2,1-2H3. The van der Waals surface area contributed by atoms with E-state index in [9.17, 15) is 4.79 Å². The van der Waals surface area contributed by atoms with Gasteiger partial charge >= 0.3 is 0 Å². The summed E-state index contributed by atoms with van der Waals surface area (Å²) in [5.41, 5.74) is 1.82. The molecule has 0 bridgehead atoms. The molecule has 1 fully saturated rings. The van der Waals surface area contributed by atoms with Crippen LogP contribution in [0, 0.1) is 5.92 Å². The summed E-state index contributed by atoms with van der Waals surface area (Å²) in [6.07, 6.45) is 4.57. The lowest BCUT2D eigenvalue weighted by Crippen LogP contribution is -2.42. The van der Waals surface area contributed by atoms with Gasteiger partial charge in [0.15, 0.2) is 11.5 Å². The van der Waals surface area contributed by atoms with E-state index in [1.807, 2.05) is 17.0 Å². The first-order valence-corrected chi connectivity index (χ1v) is 8.48. The molecule has 2 aliphatic heterocycles. The van der Waals surface area contributed by atoms with Crippen molar-refractivity contribution in [1.29, 1.82) is 0 Å². The van der Waals surface area contributed by atoms with Crippen molar-refractivity contribution in [3.05, 3.63) is 23.3 Å². The number of rotatable bonds is 4. The van der Waals surface area contributed by atoms with Crippen LogP contribution in [0.3, 0.4) is 0 Å². The molecule has 126 valence electrons. The van der Waals surface area contributed by atoms with E-state index in [0.717, 1.165) is 43.7 Å². The van der Waals surface area contributed by atoms with E-state index < -0.39 is 0 Å². The smallest absolute Gasteiger partial charge is 0.254 e. The number of benzene rings is 1. The van der Waals surface area contributed by atoms with Crippen molar-refractivity contribution < 1.29 is 14.3 Å². The average Bonchev–Trinajstić information content (AvgIpc) is 2.85. The molecule has 1 amide bonds. The highest BCUT2D eigenvalue weighted by Gasteiger charge is 2.28. The molecule has 1 aromatic rings. The highest BCUT2D eigenvalue weighted by atomic mass is 16.5. The number of carbonyl (C=O) groups is 1. The first-order valence-electron chi connectivity index (χ1n) is 8.48. The third-order valence-electron chi connectivity index (χ3n) is 4.91. The monoisotopic (exact) mass is 318 g/mol. The fourth-order valence-corrected chi connectivity index (χ4v) is 3.59. The zero-order chi connectivity index (χ0) is 16.2. The van der Waals surface area contributed by atoms with Crippen molar-refractivity contribution in [2.45, 2.75) is 25.7 Å². The Bertz CT molecular complexity index is 566. The van der Waals surface area contributed by atoms with Crippen molar-refractivity contribution in [3.8, 4) is 11.5 Å². The van der Waals surface area contributed by atoms with Gasteiger partial charge in [0.2, 0.25) is 0 Å². The third kappa shape index (κ3) is 3.44. The molecule has 2 heterocycles.